The minimum Gasteiger partial charge on any atom is -0.329 e. The van der Waals surface area contributed by atoms with Crippen molar-refractivity contribution >= 4 is 27.9 Å². The van der Waals surface area contributed by atoms with Gasteiger partial charge in [0.05, 0.1) is 6.54 Å². The van der Waals surface area contributed by atoms with Gasteiger partial charge in [-0.05, 0) is 18.8 Å². The zero-order valence-electron chi connectivity index (χ0n) is 8.25. The van der Waals surface area contributed by atoms with E-state index in [1.54, 1.807) is 0 Å². The first-order valence-corrected chi connectivity index (χ1v) is 5.91. The van der Waals surface area contributed by atoms with E-state index in [2.05, 4.69) is 28.2 Å². The molecule has 1 saturated heterocycles. The highest BCUT2D eigenvalue weighted by Gasteiger charge is 2.27. The summed E-state index contributed by atoms with van der Waals surface area (Å²) in [4.78, 5) is 23.6. The third-order valence-electron chi connectivity index (χ3n) is 2.38. The van der Waals surface area contributed by atoms with Gasteiger partial charge in [-0.15, -0.1) is 0 Å². The molecular formula is C9H15BrN2O2. The summed E-state index contributed by atoms with van der Waals surface area (Å²) in [7, 11) is 0. The van der Waals surface area contributed by atoms with Crippen molar-refractivity contribution in [3.63, 3.8) is 0 Å². The quantitative estimate of drug-likeness (QED) is 0.601. The van der Waals surface area contributed by atoms with E-state index in [0.717, 1.165) is 18.2 Å². The number of hydrogen-bond acceptors (Lipinski definition) is 2. The molecule has 1 unspecified atom stereocenters. The van der Waals surface area contributed by atoms with Gasteiger partial charge in [0.25, 0.3) is 0 Å². The SMILES string of the molecule is CC(CCBr)CCN1C(=O)CNC1=O. The fourth-order valence-electron chi connectivity index (χ4n) is 1.36. The van der Waals surface area contributed by atoms with E-state index in [1.807, 2.05) is 0 Å². The van der Waals surface area contributed by atoms with Crippen LogP contribution in [0.2, 0.25) is 0 Å². The first kappa shape index (κ1) is 11.5. The lowest BCUT2D eigenvalue weighted by molar-refractivity contribution is -0.125. The van der Waals surface area contributed by atoms with Crippen LogP contribution >= 0.6 is 15.9 Å². The zero-order chi connectivity index (χ0) is 10.6. The third kappa shape index (κ3) is 2.97. The van der Waals surface area contributed by atoms with E-state index in [-0.39, 0.29) is 18.5 Å². The van der Waals surface area contributed by atoms with E-state index in [1.165, 1.54) is 4.90 Å². The molecule has 0 aromatic heterocycles. The van der Waals surface area contributed by atoms with Crippen LogP contribution in [0.4, 0.5) is 4.79 Å². The maximum Gasteiger partial charge on any atom is 0.324 e. The Bertz CT molecular complexity index is 217. The molecular weight excluding hydrogens is 248 g/mol. The number of imide groups is 1. The number of urea groups is 1. The Morgan fingerprint density at radius 1 is 1.50 bits per heavy atom. The normalized spacial score (nSPS) is 18.6. The Morgan fingerprint density at radius 3 is 2.71 bits per heavy atom. The highest BCUT2D eigenvalue weighted by atomic mass is 79.9. The second-order valence-electron chi connectivity index (χ2n) is 3.58. The summed E-state index contributed by atoms with van der Waals surface area (Å²) < 4.78 is 0. The number of halogens is 1. The number of hydrogen-bond donors (Lipinski definition) is 1. The maximum atomic E-state index is 11.2. The highest BCUT2D eigenvalue weighted by molar-refractivity contribution is 9.09. The second kappa shape index (κ2) is 5.34. The predicted octanol–water partition coefficient (Wildman–Crippen LogP) is 1.35. The van der Waals surface area contributed by atoms with Gasteiger partial charge in [-0.2, -0.15) is 0 Å². The van der Waals surface area contributed by atoms with E-state index in [4.69, 9.17) is 0 Å². The minimum atomic E-state index is -0.249. The van der Waals surface area contributed by atoms with Crippen LogP contribution in [0.25, 0.3) is 0 Å². The molecule has 0 aromatic carbocycles. The number of nitrogens with one attached hydrogen (secondary N) is 1. The second-order valence-corrected chi connectivity index (χ2v) is 4.37. The number of carbonyl (C=O) groups is 2. The Labute approximate surface area is 92.2 Å². The van der Waals surface area contributed by atoms with Gasteiger partial charge < -0.3 is 5.32 Å². The van der Waals surface area contributed by atoms with Gasteiger partial charge in [0.2, 0.25) is 5.91 Å². The van der Waals surface area contributed by atoms with E-state index in [9.17, 15) is 9.59 Å². The lowest BCUT2D eigenvalue weighted by Gasteiger charge is -2.15. The number of rotatable bonds is 5. The Kier molecular flexibility index (Phi) is 4.38. The van der Waals surface area contributed by atoms with Crippen molar-refractivity contribution in [2.75, 3.05) is 18.4 Å². The Morgan fingerprint density at radius 2 is 2.21 bits per heavy atom. The van der Waals surface area contributed by atoms with Gasteiger partial charge >= 0.3 is 6.03 Å². The molecule has 5 heteroatoms. The van der Waals surface area contributed by atoms with E-state index < -0.39 is 0 Å². The topological polar surface area (TPSA) is 49.4 Å². The van der Waals surface area contributed by atoms with Crippen LogP contribution in [0.3, 0.4) is 0 Å². The predicted molar refractivity (Wildman–Crippen MR) is 57.3 cm³/mol. The summed E-state index contributed by atoms with van der Waals surface area (Å²) in [6.45, 7) is 2.82. The van der Waals surface area contributed by atoms with Crippen LogP contribution in [0.15, 0.2) is 0 Å². The summed E-state index contributed by atoms with van der Waals surface area (Å²) in [6, 6.07) is -0.249. The molecule has 0 saturated carbocycles. The van der Waals surface area contributed by atoms with Gasteiger partial charge in [0, 0.05) is 11.9 Å². The molecule has 1 aliphatic rings. The van der Waals surface area contributed by atoms with Gasteiger partial charge in [-0.3, -0.25) is 9.69 Å². The van der Waals surface area contributed by atoms with Crippen molar-refractivity contribution in [1.82, 2.24) is 10.2 Å². The van der Waals surface area contributed by atoms with Crippen molar-refractivity contribution < 1.29 is 9.59 Å². The van der Waals surface area contributed by atoms with Crippen LogP contribution in [-0.4, -0.2) is 35.3 Å². The zero-order valence-corrected chi connectivity index (χ0v) is 9.84. The first-order valence-electron chi connectivity index (χ1n) is 4.79. The smallest absolute Gasteiger partial charge is 0.324 e. The molecule has 1 fully saturated rings. The fourth-order valence-corrected chi connectivity index (χ4v) is 2.14. The van der Waals surface area contributed by atoms with Crippen LogP contribution in [0, 0.1) is 5.92 Å². The molecule has 0 aliphatic carbocycles. The first-order chi connectivity index (χ1) is 6.65. The third-order valence-corrected chi connectivity index (χ3v) is 2.84. The lowest BCUT2D eigenvalue weighted by Crippen LogP contribution is -2.32. The van der Waals surface area contributed by atoms with E-state index >= 15 is 0 Å². The average molecular weight is 263 g/mol. The van der Waals surface area contributed by atoms with Crippen molar-refractivity contribution in [3.05, 3.63) is 0 Å². The van der Waals surface area contributed by atoms with Gasteiger partial charge in [0.15, 0.2) is 0 Å². The standard InChI is InChI=1S/C9H15BrN2O2/c1-7(2-4-10)3-5-12-8(13)6-11-9(12)14/h7H,2-6H2,1H3,(H,11,14). The fraction of sp³-hybridized carbons (Fsp3) is 0.778. The summed E-state index contributed by atoms with van der Waals surface area (Å²) in [5.41, 5.74) is 0. The molecule has 1 N–H and O–H groups in total. The van der Waals surface area contributed by atoms with Crippen molar-refractivity contribution in [2.24, 2.45) is 5.92 Å². The van der Waals surface area contributed by atoms with Crippen LogP contribution in [0.5, 0.6) is 0 Å². The minimum absolute atomic E-state index is 0.110. The Balaban J connectivity index is 2.30. The van der Waals surface area contributed by atoms with Crippen LogP contribution < -0.4 is 5.32 Å². The lowest BCUT2D eigenvalue weighted by atomic mass is 10.1. The maximum absolute atomic E-state index is 11.2. The molecule has 3 amide bonds. The largest absolute Gasteiger partial charge is 0.329 e. The van der Waals surface area contributed by atoms with E-state index in [0.29, 0.717) is 12.5 Å². The average Bonchev–Trinajstić information content (AvgIpc) is 2.44. The summed E-state index contributed by atoms with van der Waals surface area (Å²) in [5.74, 6) is 0.427. The molecule has 0 radical (unpaired) electrons. The van der Waals surface area contributed by atoms with Crippen molar-refractivity contribution in [1.29, 1.82) is 0 Å². The highest BCUT2D eigenvalue weighted by Crippen LogP contribution is 2.11. The monoisotopic (exact) mass is 262 g/mol. The molecule has 1 atom stereocenters. The van der Waals surface area contributed by atoms with Crippen LogP contribution in [-0.2, 0) is 4.79 Å². The number of alkyl halides is 1. The van der Waals surface area contributed by atoms with Crippen molar-refractivity contribution in [2.45, 2.75) is 19.8 Å². The Hall–Kier alpha value is -0.580. The summed E-state index contributed by atoms with van der Waals surface area (Å²) in [6.07, 6.45) is 1.95. The molecule has 0 spiro atoms. The van der Waals surface area contributed by atoms with Gasteiger partial charge in [0.1, 0.15) is 0 Å². The summed E-state index contributed by atoms with van der Waals surface area (Å²) >= 11 is 3.37. The molecule has 1 heterocycles. The molecule has 80 valence electrons. The number of carbonyl (C=O) groups excluding carboxylic acids is 2. The molecule has 0 bridgehead atoms. The van der Waals surface area contributed by atoms with Gasteiger partial charge in [-0.1, -0.05) is 22.9 Å². The molecule has 1 rings (SSSR count). The van der Waals surface area contributed by atoms with Crippen molar-refractivity contribution in [3.8, 4) is 0 Å². The number of amides is 3. The molecule has 1 aliphatic heterocycles. The molecule has 14 heavy (non-hydrogen) atoms. The van der Waals surface area contributed by atoms with Crippen LogP contribution in [0.1, 0.15) is 19.8 Å². The molecule has 4 nitrogen and oxygen atoms in total. The van der Waals surface area contributed by atoms with Gasteiger partial charge in [-0.25, -0.2) is 4.79 Å². The number of nitrogens with zero attached hydrogens (tertiary/aromatic N) is 1. The summed E-state index contributed by atoms with van der Waals surface area (Å²) in [5, 5.41) is 3.47. The molecule has 0 aromatic rings.